The molecule has 0 spiro atoms. The normalized spacial score (nSPS) is 12.4. The molecule has 1 atom stereocenters. The first-order valence-electron chi connectivity index (χ1n) is 11.7. The van der Waals surface area contributed by atoms with Crippen molar-refractivity contribution in [1.29, 1.82) is 0 Å². The second kappa shape index (κ2) is 14.9. The first kappa shape index (κ1) is 26.0. The van der Waals surface area contributed by atoms with Crippen molar-refractivity contribution in [1.82, 2.24) is 4.90 Å². The Hall–Kier alpha value is -1.03. The molecule has 0 heterocycles. The third-order valence-corrected chi connectivity index (χ3v) is 21.0. The second-order valence-corrected chi connectivity index (χ2v) is 22.2. The fourth-order valence-electron chi connectivity index (χ4n) is 4.24. The second-order valence-electron chi connectivity index (χ2n) is 8.44. The van der Waals surface area contributed by atoms with Gasteiger partial charge in [-0.05, 0) is 0 Å². The molecule has 2 nitrogen and oxygen atoms in total. The average molecular weight is 504 g/mol. The van der Waals surface area contributed by atoms with E-state index in [4.69, 9.17) is 0 Å². The third-order valence-electron chi connectivity index (χ3n) is 6.05. The molecule has 0 bridgehead atoms. The summed E-state index contributed by atoms with van der Waals surface area (Å²) in [5, 5.41) is 0. The third kappa shape index (κ3) is 8.70. The van der Waals surface area contributed by atoms with Gasteiger partial charge in [0.2, 0.25) is 0 Å². The Bertz CT molecular complexity index is 576. The van der Waals surface area contributed by atoms with Crippen LogP contribution in [0.4, 0.5) is 0 Å². The Labute approximate surface area is 184 Å². The zero-order valence-corrected chi connectivity index (χ0v) is 22.0. The summed E-state index contributed by atoms with van der Waals surface area (Å²) < 4.78 is 5.23. The van der Waals surface area contributed by atoms with E-state index in [0.717, 1.165) is 16.5 Å². The summed E-state index contributed by atoms with van der Waals surface area (Å²) >= 11 is -2.52. The predicted molar refractivity (Wildman–Crippen MR) is 131 cm³/mol. The molecule has 0 aliphatic carbocycles. The van der Waals surface area contributed by atoms with Crippen molar-refractivity contribution in [2.24, 2.45) is 0 Å². The quantitative estimate of drug-likeness (QED) is 0.167. The minimum absolute atomic E-state index is 0.0427. The zero-order valence-electron chi connectivity index (χ0n) is 19.2. The van der Waals surface area contributed by atoms with Crippen LogP contribution in [0.5, 0.6) is 0 Å². The molecule has 0 saturated heterocycles. The number of carbonyl (C=O) groups excluding carboxylic acids is 1. The summed E-state index contributed by atoms with van der Waals surface area (Å²) in [6, 6.07) is 9.84. The molecular formula is C26H43NOSn. The molecule has 162 valence electrons. The number of carbonyl (C=O) groups is 1. The minimum atomic E-state index is -2.52. The first-order valence-corrected chi connectivity index (χ1v) is 19.7. The van der Waals surface area contributed by atoms with Gasteiger partial charge >= 0.3 is 185 Å². The summed E-state index contributed by atoms with van der Waals surface area (Å²) in [5.41, 5.74) is 0.796. The van der Waals surface area contributed by atoms with Crippen LogP contribution in [-0.4, -0.2) is 39.8 Å². The molecule has 0 saturated carbocycles. The maximum atomic E-state index is 13.6. The van der Waals surface area contributed by atoms with Crippen molar-refractivity contribution >= 4 is 24.3 Å². The van der Waals surface area contributed by atoms with Crippen LogP contribution in [0.25, 0.3) is 0 Å². The Balaban J connectivity index is 3.29. The molecule has 1 rings (SSSR count). The molecule has 0 aromatic heterocycles. The fourth-order valence-corrected chi connectivity index (χ4v) is 20.3. The molecule has 0 aliphatic rings. The Morgan fingerprint density at radius 1 is 0.966 bits per heavy atom. The summed E-state index contributed by atoms with van der Waals surface area (Å²) in [5.74, 6) is 0.169. The average Bonchev–Trinajstić information content (AvgIpc) is 2.77. The Morgan fingerprint density at radius 3 is 1.90 bits per heavy atom. The van der Waals surface area contributed by atoms with E-state index in [2.05, 4.69) is 38.8 Å². The molecule has 1 amide bonds. The topological polar surface area (TPSA) is 20.3 Å². The molecule has 0 fully saturated rings. The molecular weight excluding hydrogens is 461 g/mol. The molecule has 0 N–H and O–H groups in total. The van der Waals surface area contributed by atoms with Crippen LogP contribution in [0.2, 0.25) is 13.3 Å². The van der Waals surface area contributed by atoms with E-state index in [9.17, 15) is 4.79 Å². The van der Waals surface area contributed by atoms with Crippen molar-refractivity contribution < 1.29 is 4.79 Å². The van der Waals surface area contributed by atoms with Crippen molar-refractivity contribution in [3.8, 4) is 0 Å². The number of hydrogen-bond acceptors (Lipinski definition) is 1. The van der Waals surface area contributed by atoms with E-state index in [1.165, 1.54) is 51.8 Å². The molecule has 1 aromatic carbocycles. The Kier molecular flexibility index (Phi) is 13.3. The fraction of sp³-hybridized carbons (Fsp3) is 0.577. The molecule has 29 heavy (non-hydrogen) atoms. The van der Waals surface area contributed by atoms with Crippen molar-refractivity contribution in [2.75, 3.05) is 4.56 Å². The number of benzene rings is 1. The molecule has 0 aliphatic heterocycles. The monoisotopic (exact) mass is 505 g/mol. The van der Waals surface area contributed by atoms with Gasteiger partial charge in [0.25, 0.3) is 0 Å². The summed E-state index contributed by atoms with van der Waals surface area (Å²) in [6.07, 6.45) is 12.4. The van der Waals surface area contributed by atoms with E-state index in [1.54, 1.807) is 0 Å². The van der Waals surface area contributed by atoms with Gasteiger partial charge < -0.3 is 0 Å². The molecule has 0 radical (unpaired) electrons. The molecule has 3 heteroatoms. The van der Waals surface area contributed by atoms with Crippen LogP contribution in [0.1, 0.15) is 76.1 Å². The van der Waals surface area contributed by atoms with Gasteiger partial charge in [-0.2, -0.15) is 0 Å². The summed E-state index contributed by atoms with van der Waals surface area (Å²) in [4.78, 5) is 15.8. The number of nitrogens with zero attached hydrogens (tertiary/aromatic N) is 1. The van der Waals surface area contributed by atoms with Crippen LogP contribution in [0.15, 0.2) is 55.6 Å². The van der Waals surface area contributed by atoms with E-state index in [1.807, 2.05) is 42.5 Å². The van der Waals surface area contributed by atoms with Crippen molar-refractivity contribution in [3.05, 3.63) is 61.2 Å². The van der Waals surface area contributed by atoms with Gasteiger partial charge in [-0.3, -0.25) is 0 Å². The van der Waals surface area contributed by atoms with Gasteiger partial charge in [0.1, 0.15) is 0 Å². The van der Waals surface area contributed by atoms with Gasteiger partial charge in [0.05, 0.1) is 0 Å². The van der Waals surface area contributed by atoms with Crippen LogP contribution in [0, 0.1) is 0 Å². The van der Waals surface area contributed by atoms with Crippen molar-refractivity contribution in [3.63, 3.8) is 0 Å². The van der Waals surface area contributed by atoms with Gasteiger partial charge in [0, 0.05) is 0 Å². The number of unbranched alkanes of at least 4 members (excludes halogenated alkanes) is 3. The van der Waals surface area contributed by atoms with E-state index >= 15 is 0 Å². The predicted octanol–water partition coefficient (Wildman–Crippen LogP) is 7.65. The number of hydrogen-bond donors (Lipinski definition) is 0. The summed E-state index contributed by atoms with van der Waals surface area (Å²) in [6.45, 7) is 14.9. The van der Waals surface area contributed by atoms with E-state index < -0.39 is 18.4 Å². The standard InChI is InChI=1S/C14H16NO.3C4H9.Sn/c1-4-9-13(5-2)15(3)14(16)12-10-7-6-8-11-12;3*1-3-4-2;/h4-8,10-11,13H,1-3,9H2;3*1,3-4H2,2H3;. The van der Waals surface area contributed by atoms with Crippen LogP contribution in [-0.2, 0) is 0 Å². The van der Waals surface area contributed by atoms with Gasteiger partial charge in [-0.25, -0.2) is 0 Å². The van der Waals surface area contributed by atoms with Crippen LogP contribution in [0.3, 0.4) is 0 Å². The Morgan fingerprint density at radius 2 is 1.48 bits per heavy atom. The molecule has 1 aromatic rings. The molecule has 1 unspecified atom stereocenters. The van der Waals surface area contributed by atoms with Gasteiger partial charge in [-0.15, -0.1) is 0 Å². The van der Waals surface area contributed by atoms with Gasteiger partial charge in [0.15, 0.2) is 0 Å². The first-order chi connectivity index (χ1) is 14.1. The number of amides is 1. The van der Waals surface area contributed by atoms with E-state index in [0.29, 0.717) is 0 Å². The van der Waals surface area contributed by atoms with E-state index in [-0.39, 0.29) is 11.9 Å². The van der Waals surface area contributed by atoms with Crippen LogP contribution < -0.4 is 0 Å². The summed E-state index contributed by atoms with van der Waals surface area (Å²) in [7, 11) is 0. The SMILES string of the molecule is C=CCC(C=C)N([CH2][Sn]([CH2]CCC)([CH2]CCC)[CH2]CCC)C(=O)c1ccccc1. The van der Waals surface area contributed by atoms with Crippen molar-refractivity contribution in [2.45, 2.75) is 85.1 Å². The zero-order chi connectivity index (χ0) is 21.5. The number of rotatable bonds is 16. The van der Waals surface area contributed by atoms with Gasteiger partial charge in [-0.1, -0.05) is 0 Å². The van der Waals surface area contributed by atoms with Crippen LogP contribution >= 0.6 is 0 Å². The maximum absolute atomic E-state index is 13.6.